The summed E-state index contributed by atoms with van der Waals surface area (Å²) < 4.78 is 0. The van der Waals surface area contributed by atoms with Crippen LogP contribution in [-0.2, 0) is 0 Å². The first-order chi connectivity index (χ1) is 30.7. The summed E-state index contributed by atoms with van der Waals surface area (Å²) in [5.74, 6) is 0. The summed E-state index contributed by atoms with van der Waals surface area (Å²) in [6, 6.07) is 81.9. The molecule has 0 atom stereocenters. The highest BCUT2D eigenvalue weighted by atomic mass is 32.1. The molecule has 0 aliphatic heterocycles. The van der Waals surface area contributed by atoms with Crippen LogP contribution in [0.1, 0.15) is 0 Å². The molecule has 0 unspecified atom stereocenters. The van der Waals surface area contributed by atoms with Crippen LogP contribution in [0, 0.1) is 0 Å². The maximum Gasteiger partial charge on any atom is 0.0787 e. The molecule has 0 bridgehead atoms. The number of thiophene rings is 2. The molecule has 1 nitrogen and oxygen atoms in total. The second kappa shape index (κ2) is 15.2. The van der Waals surface area contributed by atoms with E-state index in [0.29, 0.717) is 0 Å². The SMILES string of the molecule is c1ccc(-c2ccc(-c3cccc(-c4c5ccccc5c(-c5cccc(-c6ccc(-c7ccccc7)s6)c5)c5cc(-c6ccc7ccc8ccccc8c7n6)ccc45)c3)s2)cc1. The molecule has 62 heavy (non-hydrogen) atoms. The highest BCUT2D eigenvalue weighted by Gasteiger charge is 2.20. The zero-order valence-electron chi connectivity index (χ0n) is 33.6. The number of aromatic nitrogens is 1. The largest absolute Gasteiger partial charge is 0.247 e. The first-order valence-corrected chi connectivity index (χ1v) is 22.6. The standard InChI is InChI=1S/C59H37NS2/c1-3-14-39(15-4-1)53-31-33-55(61-53)43-18-11-20-45(35-43)57-48-23-9-10-24-49(48)58(46-21-12-19-44(36-46)56-34-32-54(62-56)40-16-5-2-6-17-40)51-37-42(27-29-50(51)57)52-30-28-41-26-25-38-13-7-8-22-47(38)59(41)60-52/h1-37H. The van der Waals surface area contributed by atoms with E-state index in [1.54, 1.807) is 0 Å². The Labute approximate surface area is 368 Å². The van der Waals surface area contributed by atoms with Crippen molar-refractivity contribution in [1.29, 1.82) is 0 Å². The predicted molar refractivity (Wildman–Crippen MR) is 268 cm³/mol. The summed E-state index contributed by atoms with van der Waals surface area (Å²) in [6.45, 7) is 0. The van der Waals surface area contributed by atoms with Gasteiger partial charge in [-0.25, -0.2) is 4.98 Å². The molecule has 12 aromatic rings. The van der Waals surface area contributed by atoms with Gasteiger partial charge in [-0.3, -0.25) is 0 Å². The van der Waals surface area contributed by atoms with Crippen LogP contribution in [0.2, 0.25) is 0 Å². The number of benzene rings is 9. The first-order valence-electron chi connectivity index (χ1n) is 21.0. The van der Waals surface area contributed by atoms with Crippen molar-refractivity contribution in [1.82, 2.24) is 4.98 Å². The quantitative estimate of drug-likeness (QED) is 0.115. The maximum atomic E-state index is 5.38. The summed E-state index contributed by atoms with van der Waals surface area (Å²) in [6.07, 6.45) is 0. The van der Waals surface area contributed by atoms with Gasteiger partial charge in [-0.2, -0.15) is 0 Å². The minimum atomic E-state index is 0.964. The monoisotopic (exact) mass is 823 g/mol. The third kappa shape index (κ3) is 6.42. The van der Waals surface area contributed by atoms with E-state index in [1.165, 1.54) is 96.3 Å². The Morgan fingerprint density at radius 3 is 1.32 bits per heavy atom. The molecule has 0 radical (unpaired) electrons. The number of nitrogens with zero attached hydrogens (tertiary/aromatic N) is 1. The third-order valence-electron chi connectivity index (χ3n) is 12.1. The van der Waals surface area contributed by atoms with Gasteiger partial charge in [0.2, 0.25) is 0 Å². The van der Waals surface area contributed by atoms with Crippen molar-refractivity contribution in [2.24, 2.45) is 0 Å². The van der Waals surface area contributed by atoms with Crippen LogP contribution in [0.5, 0.6) is 0 Å². The average molecular weight is 824 g/mol. The molecular weight excluding hydrogens is 787 g/mol. The Balaban J connectivity index is 1.07. The Kier molecular flexibility index (Phi) is 8.95. The van der Waals surface area contributed by atoms with Gasteiger partial charge in [-0.05, 0) is 120 Å². The van der Waals surface area contributed by atoms with E-state index in [0.717, 1.165) is 22.2 Å². The summed E-state index contributed by atoms with van der Waals surface area (Å²) in [4.78, 5) is 10.4. The fourth-order valence-electron chi connectivity index (χ4n) is 9.14. The lowest BCUT2D eigenvalue weighted by Crippen LogP contribution is -1.93. The normalized spacial score (nSPS) is 11.5. The van der Waals surface area contributed by atoms with Gasteiger partial charge in [0.25, 0.3) is 0 Å². The van der Waals surface area contributed by atoms with Crippen molar-refractivity contribution < 1.29 is 0 Å². The highest BCUT2D eigenvalue weighted by Crippen LogP contribution is 2.47. The van der Waals surface area contributed by atoms with Crippen molar-refractivity contribution in [3.05, 3.63) is 224 Å². The zero-order valence-corrected chi connectivity index (χ0v) is 35.3. The molecule has 0 saturated heterocycles. The van der Waals surface area contributed by atoms with Crippen molar-refractivity contribution in [3.8, 4) is 75.3 Å². The molecule has 0 amide bonds. The van der Waals surface area contributed by atoms with Crippen LogP contribution < -0.4 is 0 Å². The van der Waals surface area contributed by atoms with Crippen molar-refractivity contribution in [2.45, 2.75) is 0 Å². The van der Waals surface area contributed by atoms with Gasteiger partial charge < -0.3 is 0 Å². The molecule has 3 heteroatoms. The molecule has 3 aromatic heterocycles. The van der Waals surface area contributed by atoms with Crippen molar-refractivity contribution in [3.63, 3.8) is 0 Å². The number of hydrogen-bond acceptors (Lipinski definition) is 3. The van der Waals surface area contributed by atoms with E-state index in [2.05, 4.69) is 224 Å². The fourth-order valence-corrected chi connectivity index (χ4v) is 11.2. The van der Waals surface area contributed by atoms with Crippen LogP contribution >= 0.6 is 22.7 Å². The minimum absolute atomic E-state index is 0.964. The van der Waals surface area contributed by atoms with Crippen LogP contribution in [0.3, 0.4) is 0 Å². The molecule has 0 N–H and O–H groups in total. The third-order valence-corrected chi connectivity index (χ3v) is 14.5. The van der Waals surface area contributed by atoms with Gasteiger partial charge in [0, 0.05) is 35.8 Å². The van der Waals surface area contributed by atoms with E-state index in [-0.39, 0.29) is 0 Å². The summed E-state index contributed by atoms with van der Waals surface area (Å²) >= 11 is 3.69. The molecule has 12 rings (SSSR count). The molecule has 3 heterocycles. The predicted octanol–water partition coefficient (Wildman–Crippen LogP) is 17.5. The van der Waals surface area contributed by atoms with E-state index in [4.69, 9.17) is 4.98 Å². The highest BCUT2D eigenvalue weighted by molar-refractivity contribution is 7.19. The van der Waals surface area contributed by atoms with Gasteiger partial charge in [-0.15, -0.1) is 22.7 Å². The zero-order chi connectivity index (χ0) is 41.0. The molecule has 9 aromatic carbocycles. The smallest absolute Gasteiger partial charge is 0.0787 e. The second-order valence-corrected chi connectivity index (χ2v) is 18.0. The van der Waals surface area contributed by atoms with Crippen LogP contribution in [0.4, 0.5) is 0 Å². The van der Waals surface area contributed by atoms with Gasteiger partial charge in [0.15, 0.2) is 0 Å². The molecule has 0 aliphatic rings. The number of hydrogen-bond donors (Lipinski definition) is 0. The Hall–Kier alpha value is -7.43. The Morgan fingerprint density at radius 1 is 0.258 bits per heavy atom. The summed E-state index contributed by atoms with van der Waals surface area (Å²) in [5, 5.41) is 8.40. The number of fused-ring (bicyclic) bond motifs is 5. The number of rotatable bonds is 7. The van der Waals surface area contributed by atoms with Crippen LogP contribution in [0.15, 0.2) is 224 Å². The van der Waals surface area contributed by atoms with Crippen molar-refractivity contribution >= 4 is 65.9 Å². The van der Waals surface area contributed by atoms with Gasteiger partial charge >= 0.3 is 0 Å². The molecular formula is C59H37NS2. The van der Waals surface area contributed by atoms with E-state index >= 15 is 0 Å². The molecule has 0 saturated carbocycles. The molecule has 290 valence electrons. The Morgan fingerprint density at radius 2 is 0.710 bits per heavy atom. The average Bonchev–Trinajstić information content (AvgIpc) is 4.06. The summed E-state index contributed by atoms with van der Waals surface area (Å²) in [5.41, 5.74) is 12.9. The first kappa shape index (κ1) is 36.4. The lowest BCUT2D eigenvalue weighted by molar-refractivity contribution is 1.42. The van der Waals surface area contributed by atoms with Gasteiger partial charge in [-0.1, -0.05) is 176 Å². The van der Waals surface area contributed by atoms with Crippen molar-refractivity contribution in [2.75, 3.05) is 0 Å². The van der Waals surface area contributed by atoms with E-state index in [9.17, 15) is 0 Å². The van der Waals surface area contributed by atoms with E-state index in [1.807, 2.05) is 22.7 Å². The van der Waals surface area contributed by atoms with Gasteiger partial charge in [0.05, 0.1) is 11.2 Å². The van der Waals surface area contributed by atoms with E-state index < -0.39 is 0 Å². The molecule has 0 fully saturated rings. The molecule has 0 spiro atoms. The summed E-state index contributed by atoms with van der Waals surface area (Å²) in [7, 11) is 0. The lowest BCUT2D eigenvalue weighted by Gasteiger charge is -2.19. The number of pyridine rings is 1. The van der Waals surface area contributed by atoms with Crippen LogP contribution in [0.25, 0.3) is 118 Å². The minimum Gasteiger partial charge on any atom is -0.247 e. The molecule has 0 aliphatic carbocycles. The second-order valence-electron chi connectivity index (χ2n) is 15.8. The Bertz CT molecular complexity index is 3630. The topological polar surface area (TPSA) is 12.9 Å². The fraction of sp³-hybridized carbons (Fsp3) is 0. The van der Waals surface area contributed by atoms with Gasteiger partial charge in [0.1, 0.15) is 0 Å². The van der Waals surface area contributed by atoms with Crippen LogP contribution in [-0.4, -0.2) is 4.98 Å². The lowest BCUT2D eigenvalue weighted by atomic mass is 9.84. The maximum absolute atomic E-state index is 5.38.